The quantitative estimate of drug-likeness (QED) is 0.617. The molecular weight excluding hydrogens is 186 g/mol. The number of thiol groups is 1. The molecule has 0 aromatic carbocycles. The fraction of sp³-hybridized carbons (Fsp3) is 0.889. The van der Waals surface area contributed by atoms with Crippen LogP contribution in [-0.2, 0) is 0 Å². The predicted molar refractivity (Wildman–Crippen MR) is 57.5 cm³/mol. The second kappa shape index (κ2) is 4.22. The molecule has 3 nitrogen and oxygen atoms in total. The molecule has 0 saturated heterocycles. The van der Waals surface area contributed by atoms with Gasteiger partial charge in [-0.15, -0.1) is 0 Å². The van der Waals surface area contributed by atoms with Crippen molar-refractivity contribution in [3.8, 4) is 0 Å². The van der Waals surface area contributed by atoms with E-state index >= 15 is 0 Å². The summed E-state index contributed by atoms with van der Waals surface area (Å²) in [7, 11) is 0. The summed E-state index contributed by atoms with van der Waals surface area (Å²) in [6.45, 7) is 7.91. The van der Waals surface area contributed by atoms with Crippen molar-refractivity contribution in [1.82, 2.24) is 5.32 Å². The first kappa shape index (κ1) is 12.6. The van der Waals surface area contributed by atoms with Crippen molar-refractivity contribution in [2.24, 2.45) is 5.41 Å². The molecule has 0 radical (unpaired) electrons. The highest BCUT2D eigenvalue weighted by atomic mass is 32.1. The molecule has 0 saturated carbocycles. The fourth-order valence-corrected chi connectivity index (χ4v) is 1.70. The SMILES string of the molecule is CC(C)(CS)CC(C)(C)NC(=O)O. The third-order valence-electron chi connectivity index (χ3n) is 1.79. The van der Waals surface area contributed by atoms with Gasteiger partial charge in [-0.05, 0) is 31.4 Å². The van der Waals surface area contributed by atoms with Gasteiger partial charge in [0.25, 0.3) is 0 Å². The minimum absolute atomic E-state index is 0.0507. The van der Waals surface area contributed by atoms with Crippen LogP contribution in [0.4, 0.5) is 4.79 Å². The number of nitrogens with one attached hydrogen (secondary N) is 1. The maximum absolute atomic E-state index is 10.5. The normalized spacial score (nSPS) is 12.7. The largest absolute Gasteiger partial charge is 0.465 e. The molecule has 0 aliphatic carbocycles. The first-order chi connectivity index (χ1) is 5.68. The summed E-state index contributed by atoms with van der Waals surface area (Å²) < 4.78 is 0. The van der Waals surface area contributed by atoms with Gasteiger partial charge in [-0.3, -0.25) is 0 Å². The van der Waals surface area contributed by atoms with Gasteiger partial charge in [0.05, 0.1) is 0 Å². The van der Waals surface area contributed by atoms with Crippen LogP contribution in [0.3, 0.4) is 0 Å². The lowest BCUT2D eigenvalue weighted by Crippen LogP contribution is -2.45. The molecule has 2 N–H and O–H groups in total. The fourth-order valence-electron chi connectivity index (χ4n) is 1.59. The summed E-state index contributed by atoms with van der Waals surface area (Å²) in [5.41, 5.74) is -0.340. The van der Waals surface area contributed by atoms with Crippen molar-refractivity contribution >= 4 is 18.7 Å². The topological polar surface area (TPSA) is 49.3 Å². The van der Waals surface area contributed by atoms with Gasteiger partial charge in [0.2, 0.25) is 0 Å². The van der Waals surface area contributed by atoms with Crippen LogP contribution < -0.4 is 5.32 Å². The lowest BCUT2D eigenvalue weighted by Gasteiger charge is -2.33. The zero-order valence-corrected chi connectivity index (χ0v) is 9.61. The van der Waals surface area contributed by atoms with Gasteiger partial charge >= 0.3 is 6.09 Å². The molecule has 0 heterocycles. The highest BCUT2D eigenvalue weighted by molar-refractivity contribution is 7.80. The van der Waals surface area contributed by atoms with E-state index in [9.17, 15) is 4.79 Å². The molecule has 13 heavy (non-hydrogen) atoms. The van der Waals surface area contributed by atoms with Crippen LogP contribution in [-0.4, -0.2) is 22.5 Å². The summed E-state index contributed by atoms with van der Waals surface area (Å²) in [5.74, 6) is 0.748. The van der Waals surface area contributed by atoms with E-state index < -0.39 is 11.6 Å². The molecule has 0 rings (SSSR count). The van der Waals surface area contributed by atoms with Gasteiger partial charge in [-0.2, -0.15) is 12.6 Å². The third-order valence-corrected chi connectivity index (χ3v) is 2.65. The zero-order chi connectivity index (χ0) is 10.7. The van der Waals surface area contributed by atoms with Crippen molar-refractivity contribution in [2.75, 3.05) is 5.75 Å². The number of hydrogen-bond acceptors (Lipinski definition) is 2. The Morgan fingerprint density at radius 2 is 1.85 bits per heavy atom. The Labute approximate surface area is 85.3 Å². The van der Waals surface area contributed by atoms with E-state index in [1.165, 1.54) is 0 Å². The Hall–Kier alpha value is -0.380. The predicted octanol–water partition coefficient (Wildman–Crippen LogP) is 2.38. The van der Waals surface area contributed by atoms with Crippen molar-refractivity contribution in [2.45, 2.75) is 39.7 Å². The van der Waals surface area contributed by atoms with Crippen molar-refractivity contribution in [1.29, 1.82) is 0 Å². The number of rotatable bonds is 4. The lowest BCUT2D eigenvalue weighted by molar-refractivity contribution is 0.170. The van der Waals surface area contributed by atoms with Crippen LogP contribution in [0, 0.1) is 5.41 Å². The third kappa shape index (κ3) is 5.80. The highest BCUT2D eigenvalue weighted by Gasteiger charge is 2.28. The zero-order valence-electron chi connectivity index (χ0n) is 8.72. The Morgan fingerprint density at radius 3 is 2.15 bits per heavy atom. The molecular formula is C9H19NO2S. The summed E-state index contributed by atoms with van der Waals surface area (Å²) >= 11 is 4.23. The second-order valence-corrected chi connectivity index (χ2v) is 5.13. The van der Waals surface area contributed by atoms with Crippen molar-refractivity contribution in [3.63, 3.8) is 0 Å². The van der Waals surface area contributed by atoms with Gasteiger partial charge in [0.15, 0.2) is 0 Å². The van der Waals surface area contributed by atoms with Crippen molar-refractivity contribution in [3.05, 3.63) is 0 Å². The Kier molecular flexibility index (Phi) is 4.10. The maximum atomic E-state index is 10.5. The number of carbonyl (C=O) groups is 1. The van der Waals surface area contributed by atoms with Crippen LogP contribution in [0.25, 0.3) is 0 Å². The molecule has 0 bridgehead atoms. The molecule has 1 amide bonds. The molecule has 0 aromatic heterocycles. The van der Waals surface area contributed by atoms with E-state index in [4.69, 9.17) is 5.11 Å². The van der Waals surface area contributed by atoms with E-state index in [0.717, 1.165) is 12.2 Å². The van der Waals surface area contributed by atoms with Crippen LogP contribution >= 0.6 is 12.6 Å². The summed E-state index contributed by atoms with van der Waals surface area (Å²) in [6, 6.07) is 0. The van der Waals surface area contributed by atoms with Gasteiger partial charge in [-0.1, -0.05) is 13.8 Å². The molecule has 0 unspecified atom stereocenters. The van der Waals surface area contributed by atoms with E-state index in [2.05, 4.69) is 31.8 Å². The van der Waals surface area contributed by atoms with Gasteiger partial charge in [-0.25, -0.2) is 4.79 Å². The van der Waals surface area contributed by atoms with E-state index in [-0.39, 0.29) is 5.41 Å². The summed E-state index contributed by atoms with van der Waals surface area (Å²) in [5, 5.41) is 11.1. The van der Waals surface area contributed by atoms with Gasteiger partial charge < -0.3 is 10.4 Å². The second-order valence-electron chi connectivity index (χ2n) is 4.81. The number of amides is 1. The monoisotopic (exact) mass is 205 g/mol. The summed E-state index contributed by atoms with van der Waals surface area (Å²) in [4.78, 5) is 10.5. The van der Waals surface area contributed by atoms with Crippen molar-refractivity contribution < 1.29 is 9.90 Å². The highest BCUT2D eigenvalue weighted by Crippen LogP contribution is 2.28. The van der Waals surface area contributed by atoms with Gasteiger partial charge in [0.1, 0.15) is 0 Å². The molecule has 0 atom stereocenters. The molecule has 0 fully saturated rings. The average molecular weight is 205 g/mol. The molecule has 0 spiro atoms. The summed E-state index contributed by atoms with van der Waals surface area (Å²) in [6.07, 6.45) is -0.199. The average Bonchev–Trinajstić information content (AvgIpc) is 1.81. The molecule has 78 valence electrons. The lowest BCUT2D eigenvalue weighted by atomic mass is 9.81. The van der Waals surface area contributed by atoms with Crippen LogP contribution in [0.1, 0.15) is 34.1 Å². The Balaban J connectivity index is 4.24. The minimum Gasteiger partial charge on any atom is -0.465 e. The molecule has 0 aliphatic rings. The molecule has 0 aromatic rings. The number of hydrogen-bond donors (Lipinski definition) is 3. The van der Waals surface area contributed by atoms with E-state index in [1.807, 2.05) is 13.8 Å². The van der Waals surface area contributed by atoms with E-state index in [0.29, 0.717) is 0 Å². The Bertz CT molecular complexity index is 190. The molecule has 4 heteroatoms. The number of carboxylic acid groups (broad SMARTS) is 1. The van der Waals surface area contributed by atoms with Gasteiger partial charge in [0, 0.05) is 5.54 Å². The van der Waals surface area contributed by atoms with Crippen LogP contribution in [0.15, 0.2) is 0 Å². The molecule has 0 aliphatic heterocycles. The van der Waals surface area contributed by atoms with Crippen LogP contribution in [0.5, 0.6) is 0 Å². The Morgan fingerprint density at radius 1 is 1.38 bits per heavy atom. The standard InChI is InChI=1S/C9H19NO2S/c1-8(2,6-13)5-9(3,4)10-7(11)12/h10,13H,5-6H2,1-4H3,(H,11,12). The van der Waals surface area contributed by atoms with Crippen LogP contribution in [0.2, 0.25) is 0 Å². The smallest absolute Gasteiger partial charge is 0.405 e. The van der Waals surface area contributed by atoms with E-state index in [1.54, 1.807) is 0 Å². The maximum Gasteiger partial charge on any atom is 0.405 e. The minimum atomic E-state index is -0.972. The first-order valence-electron chi connectivity index (χ1n) is 4.30. The first-order valence-corrected chi connectivity index (χ1v) is 4.94.